The third-order valence-corrected chi connectivity index (χ3v) is 5.80. The van der Waals surface area contributed by atoms with E-state index in [1.807, 2.05) is 55.5 Å². The zero-order valence-electron chi connectivity index (χ0n) is 18.9. The van der Waals surface area contributed by atoms with Gasteiger partial charge in [0, 0.05) is 6.54 Å². The van der Waals surface area contributed by atoms with Crippen molar-refractivity contribution in [2.24, 2.45) is 0 Å². The zero-order chi connectivity index (χ0) is 24.9. The number of rotatable bonds is 8. The lowest BCUT2D eigenvalue weighted by molar-refractivity contribution is -0.146. The van der Waals surface area contributed by atoms with E-state index < -0.39 is 29.9 Å². The van der Waals surface area contributed by atoms with Gasteiger partial charge in [0.1, 0.15) is 5.54 Å². The van der Waals surface area contributed by atoms with Gasteiger partial charge < -0.3 is 10.2 Å². The van der Waals surface area contributed by atoms with Crippen molar-refractivity contribution in [1.29, 1.82) is 0 Å². The molecule has 3 aromatic carbocycles. The smallest absolute Gasteiger partial charge is 0.416 e. The van der Waals surface area contributed by atoms with Crippen LogP contribution >= 0.6 is 0 Å². The second-order valence-corrected chi connectivity index (χ2v) is 8.29. The summed E-state index contributed by atoms with van der Waals surface area (Å²) in [5, 5.41) is 21.4. The highest BCUT2D eigenvalue weighted by Crippen LogP contribution is 2.34. The first kappa shape index (κ1) is 25.2. The van der Waals surface area contributed by atoms with E-state index in [-0.39, 0.29) is 12.1 Å². The molecule has 4 nitrogen and oxygen atoms in total. The van der Waals surface area contributed by atoms with E-state index >= 15 is 0 Å². The second kappa shape index (κ2) is 10.2. The maximum atomic E-state index is 13.6. The van der Waals surface area contributed by atoms with Gasteiger partial charge in [-0.2, -0.15) is 13.2 Å². The minimum atomic E-state index is -4.55. The first-order chi connectivity index (χ1) is 16.0. The number of carboxylic acid groups (broad SMARTS) is 1. The summed E-state index contributed by atoms with van der Waals surface area (Å²) >= 11 is 0. The van der Waals surface area contributed by atoms with E-state index in [1.165, 1.54) is 25.1 Å². The first-order valence-corrected chi connectivity index (χ1v) is 10.7. The lowest BCUT2D eigenvalue weighted by Gasteiger charge is -2.24. The van der Waals surface area contributed by atoms with Gasteiger partial charge in [0.15, 0.2) is 0 Å². The van der Waals surface area contributed by atoms with Gasteiger partial charge in [-0.15, -0.1) is 0 Å². The number of halogens is 3. The Morgan fingerprint density at radius 1 is 0.971 bits per heavy atom. The summed E-state index contributed by atoms with van der Waals surface area (Å²) in [5.74, 6) is -1.25. The van der Waals surface area contributed by atoms with Crippen molar-refractivity contribution in [3.63, 3.8) is 0 Å². The van der Waals surface area contributed by atoms with Crippen molar-refractivity contribution in [2.75, 3.05) is 6.61 Å². The topological polar surface area (TPSA) is 69.6 Å². The summed E-state index contributed by atoms with van der Waals surface area (Å²) in [6.45, 7) is 2.55. The number of hydrogen-bond acceptors (Lipinski definition) is 3. The van der Waals surface area contributed by atoms with E-state index in [1.54, 1.807) is 6.08 Å². The average molecular weight is 470 g/mol. The van der Waals surface area contributed by atoms with E-state index in [9.17, 15) is 28.2 Å². The second-order valence-electron chi connectivity index (χ2n) is 8.29. The van der Waals surface area contributed by atoms with Crippen LogP contribution in [0.25, 0.3) is 23.3 Å². The third kappa shape index (κ3) is 5.73. The molecule has 0 amide bonds. The summed E-state index contributed by atoms with van der Waals surface area (Å²) in [5.41, 5.74) is 1.79. The molecule has 0 bridgehead atoms. The van der Waals surface area contributed by atoms with Crippen LogP contribution in [-0.2, 0) is 17.5 Å². The summed E-state index contributed by atoms with van der Waals surface area (Å²) in [7, 11) is 0. The third-order valence-electron chi connectivity index (χ3n) is 5.80. The van der Waals surface area contributed by atoms with Crippen molar-refractivity contribution in [3.05, 3.63) is 94.5 Å². The van der Waals surface area contributed by atoms with Gasteiger partial charge in [-0.05, 0) is 59.4 Å². The molecule has 0 unspecified atom stereocenters. The Hall–Kier alpha value is -3.42. The molecule has 7 heteroatoms. The van der Waals surface area contributed by atoms with E-state index in [2.05, 4.69) is 5.32 Å². The maximum Gasteiger partial charge on any atom is 0.416 e. The molecule has 0 aromatic heterocycles. The van der Waals surface area contributed by atoms with Gasteiger partial charge in [0.25, 0.3) is 0 Å². The standard InChI is InChI=1S/C27H26F3NO3/c1-18-20(9-6-10-23(18)21-7-4-3-5-8-21)12-13-22-15-19(11-14-24(22)27(28,29)30)16-31-26(2,17-32)25(33)34/h3-15,31-32H,16-17H2,1-2H3,(H,33,34)/b13-12+/t26-/m1/s1. The number of aliphatic carboxylic acids is 1. The Labute approximate surface area is 196 Å². The molecule has 0 aliphatic rings. The van der Waals surface area contributed by atoms with Crippen LogP contribution in [0, 0.1) is 6.92 Å². The Kier molecular flexibility index (Phi) is 7.59. The van der Waals surface area contributed by atoms with E-state index in [4.69, 9.17) is 0 Å². The minimum Gasteiger partial charge on any atom is -0.480 e. The van der Waals surface area contributed by atoms with Gasteiger partial charge >= 0.3 is 12.1 Å². The zero-order valence-corrected chi connectivity index (χ0v) is 18.9. The molecule has 0 aliphatic heterocycles. The van der Waals surface area contributed by atoms with Crippen LogP contribution in [-0.4, -0.2) is 28.3 Å². The molecule has 0 heterocycles. The summed E-state index contributed by atoms with van der Waals surface area (Å²) in [4.78, 5) is 11.4. The highest BCUT2D eigenvalue weighted by Gasteiger charge is 2.34. The predicted molar refractivity (Wildman–Crippen MR) is 127 cm³/mol. The molecule has 0 saturated carbocycles. The first-order valence-electron chi connectivity index (χ1n) is 10.7. The van der Waals surface area contributed by atoms with Crippen LogP contribution in [0.15, 0.2) is 66.7 Å². The SMILES string of the molecule is Cc1c(/C=C/c2cc(CN[C@](C)(CO)C(=O)O)ccc2C(F)(F)F)cccc1-c1ccccc1. The highest BCUT2D eigenvalue weighted by atomic mass is 19.4. The molecule has 3 rings (SSSR count). The number of aliphatic hydroxyl groups excluding tert-OH is 1. The van der Waals surface area contributed by atoms with Gasteiger partial charge in [-0.3, -0.25) is 10.1 Å². The summed E-state index contributed by atoms with van der Waals surface area (Å²) in [6.07, 6.45) is -1.47. The lowest BCUT2D eigenvalue weighted by Crippen LogP contribution is -2.52. The molecule has 178 valence electrons. The molecular formula is C27H26F3NO3. The van der Waals surface area contributed by atoms with Crippen LogP contribution in [0.3, 0.4) is 0 Å². The number of aliphatic hydroxyl groups is 1. The Bertz CT molecular complexity index is 1190. The number of benzene rings is 3. The number of carboxylic acids is 1. The molecule has 0 radical (unpaired) electrons. The van der Waals surface area contributed by atoms with Gasteiger partial charge in [-0.25, -0.2) is 0 Å². The van der Waals surface area contributed by atoms with Crippen LogP contribution in [0.1, 0.15) is 34.7 Å². The number of nitrogens with one attached hydrogen (secondary N) is 1. The number of carbonyl (C=O) groups is 1. The predicted octanol–water partition coefficient (Wildman–Crippen LogP) is 5.78. The Morgan fingerprint density at radius 2 is 1.65 bits per heavy atom. The number of hydrogen-bond donors (Lipinski definition) is 3. The molecular weight excluding hydrogens is 443 g/mol. The van der Waals surface area contributed by atoms with Crippen LogP contribution < -0.4 is 5.32 Å². The van der Waals surface area contributed by atoms with Gasteiger partial charge in [0.2, 0.25) is 0 Å². The fourth-order valence-electron chi connectivity index (χ4n) is 3.56. The van der Waals surface area contributed by atoms with Crippen molar-refractivity contribution in [2.45, 2.75) is 32.1 Å². The van der Waals surface area contributed by atoms with Crippen LogP contribution in [0.5, 0.6) is 0 Å². The fourth-order valence-corrected chi connectivity index (χ4v) is 3.56. The largest absolute Gasteiger partial charge is 0.480 e. The van der Waals surface area contributed by atoms with Crippen LogP contribution in [0.4, 0.5) is 13.2 Å². The van der Waals surface area contributed by atoms with Crippen molar-refractivity contribution in [1.82, 2.24) is 5.32 Å². The van der Waals surface area contributed by atoms with Crippen molar-refractivity contribution in [3.8, 4) is 11.1 Å². The molecule has 0 aliphatic carbocycles. The van der Waals surface area contributed by atoms with Crippen LogP contribution in [0.2, 0.25) is 0 Å². The summed E-state index contributed by atoms with van der Waals surface area (Å²) in [6, 6.07) is 19.1. The number of alkyl halides is 3. The quantitative estimate of drug-likeness (QED) is 0.366. The molecule has 1 atom stereocenters. The highest BCUT2D eigenvalue weighted by molar-refractivity contribution is 5.79. The fraction of sp³-hybridized carbons (Fsp3) is 0.222. The minimum absolute atomic E-state index is 0.0230. The Balaban J connectivity index is 1.95. The summed E-state index contributed by atoms with van der Waals surface area (Å²) < 4.78 is 40.9. The molecule has 34 heavy (non-hydrogen) atoms. The van der Waals surface area contributed by atoms with Gasteiger partial charge in [0.05, 0.1) is 12.2 Å². The molecule has 3 aromatic rings. The molecule has 0 spiro atoms. The molecule has 3 N–H and O–H groups in total. The van der Waals surface area contributed by atoms with Crippen molar-refractivity contribution >= 4 is 18.1 Å². The van der Waals surface area contributed by atoms with E-state index in [0.29, 0.717) is 5.56 Å². The lowest BCUT2D eigenvalue weighted by atomic mass is 9.95. The maximum absolute atomic E-state index is 13.6. The normalized spacial score (nSPS) is 13.7. The van der Waals surface area contributed by atoms with Gasteiger partial charge in [-0.1, -0.05) is 66.7 Å². The Morgan fingerprint density at radius 3 is 2.26 bits per heavy atom. The van der Waals surface area contributed by atoms with Crippen molar-refractivity contribution < 1.29 is 28.2 Å². The van der Waals surface area contributed by atoms with E-state index in [0.717, 1.165) is 28.3 Å². The monoisotopic (exact) mass is 469 g/mol. The molecule has 0 saturated heterocycles. The average Bonchev–Trinajstić information content (AvgIpc) is 2.81. The molecule has 0 fully saturated rings.